The van der Waals surface area contributed by atoms with Crippen molar-refractivity contribution in [3.63, 3.8) is 0 Å². The first-order chi connectivity index (χ1) is 8.76. The van der Waals surface area contributed by atoms with Gasteiger partial charge in [-0.05, 0) is 11.6 Å². The number of hydrogen-bond acceptors (Lipinski definition) is 1. The highest BCUT2D eigenvalue weighted by molar-refractivity contribution is 7.83. The summed E-state index contributed by atoms with van der Waals surface area (Å²) in [5.74, 6) is 0. The van der Waals surface area contributed by atoms with E-state index in [2.05, 4.69) is 6.58 Å². The highest BCUT2D eigenvalue weighted by Crippen LogP contribution is 2.57. The number of rotatable bonds is 2. The molecule has 2 aromatic rings. The van der Waals surface area contributed by atoms with Gasteiger partial charge >= 0.3 is 0 Å². The van der Waals surface area contributed by atoms with Gasteiger partial charge in [-0.1, -0.05) is 67.3 Å². The third-order valence-electron chi connectivity index (χ3n) is 3.27. The average molecular weight is 252 g/mol. The summed E-state index contributed by atoms with van der Waals surface area (Å²) >= 11 is 0. The summed E-state index contributed by atoms with van der Waals surface area (Å²) < 4.78 is 13.5. The standard InChI is InChI=1S/C16H13OP/c1-2-14-12-13-8-6-7-11-16(13)18(14,17)15-9-4-3-5-10-15/h2-12H,1H2. The number of fused-ring (bicyclic) bond motifs is 1. The minimum atomic E-state index is -2.68. The Bertz CT molecular complexity index is 683. The van der Waals surface area contributed by atoms with E-state index in [4.69, 9.17) is 0 Å². The largest absolute Gasteiger partial charge is 0.309 e. The van der Waals surface area contributed by atoms with Gasteiger partial charge in [-0.2, -0.15) is 0 Å². The Balaban J connectivity index is 2.31. The Labute approximate surface area is 107 Å². The molecule has 18 heavy (non-hydrogen) atoms. The molecule has 0 N–H and O–H groups in total. The van der Waals surface area contributed by atoms with E-state index in [-0.39, 0.29) is 0 Å². The van der Waals surface area contributed by atoms with Gasteiger partial charge in [-0.3, -0.25) is 0 Å². The smallest absolute Gasteiger partial charge is 0.171 e. The maximum atomic E-state index is 13.5. The Morgan fingerprint density at radius 2 is 1.61 bits per heavy atom. The van der Waals surface area contributed by atoms with Crippen LogP contribution in [0.2, 0.25) is 0 Å². The molecule has 0 bridgehead atoms. The van der Waals surface area contributed by atoms with Crippen LogP contribution in [-0.4, -0.2) is 0 Å². The van der Waals surface area contributed by atoms with E-state index >= 15 is 0 Å². The average Bonchev–Trinajstić information content (AvgIpc) is 2.74. The van der Waals surface area contributed by atoms with Crippen molar-refractivity contribution in [1.29, 1.82) is 0 Å². The van der Waals surface area contributed by atoms with E-state index in [9.17, 15) is 4.57 Å². The van der Waals surface area contributed by atoms with E-state index in [0.29, 0.717) is 0 Å². The van der Waals surface area contributed by atoms with Crippen molar-refractivity contribution < 1.29 is 4.57 Å². The SMILES string of the molecule is C=CC1=Cc2ccccc2P1(=O)c1ccccc1. The molecule has 1 aliphatic heterocycles. The van der Waals surface area contributed by atoms with Crippen LogP contribution in [0.15, 0.2) is 72.6 Å². The van der Waals surface area contributed by atoms with Crippen LogP contribution < -0.4 is 10.6 Å². The molecular weight excluding hydrogens is 239 g/mol. The molecule has 1 atom stereocenters. The minimum Gasteiger partial charge on any atom is -0.309 e. The van der Waals surface area contributed by atoms with Crippen molar-refractivity contribution in [2.45, 2.75) is 0 Å². The molecule has 1 aliphatic rings. The van der Waals surface area contributed by atoms with Crippen molar-refractivity contribution in [1.82, 2.24) is 0 Å². The zero-order chi connectivity index (χ0) is 12.6. The summed E-state index contributed by atoms with van der Waals surface area (Å²) in [5.41, 5.74) is 1.04. The Morgan fingerprint density at radius 3 is 2.33 bits per heavy atom. The molecule has 0 aromatic heterocycles. The topological polar surface area (TPSA) is 17.1 Å². The Hall–Kier alpha value is -1.85. The maximum Gasteiger partial charge on any atom is 0.171 e. The lowest BCUT2D eigenvalue weighted by Crippen LogP contribution is -2.15. The normalized spacial score (nSPS) is 21.2. The van der Waals surface area contributed by atoms with Gasteiger partial charge < -0.3 is 4.57 Å². The van der Waals surface area contributed by atoms with Crippen LogP contribution in [0.25, 0.3) is 6.08 Å². The molecule has 0 amide bonds. The molecule has 3 rings (SSSR count). The maximum absolute atomic E-state index is 13.5. The van der Waals surface area contributed by atoms with Gasteiger partial charge in [0, 0.05) is 15.9 Å². The van der Waals surface area contributed by atoms with E-state index in [1.165, 1.54) is 0 Å². The second kappa shape index (κ2) is 4.12. The van der Waals surface area contributed by atoms with Crippen LogP contribution >= 0.6 is 7.14 Å². The molecule has 0 saturated carbocycles. The van der Waals surface area contributed by atoms with Crippen molar-refractivity contribution in [3.05, 3.63) is 78.1 Å². The molecule has 88 valence electrons. The highest BCUT2D eigenvalue weighted by atomic mass is 31.2. The van der Waals surface area contributed by atoms with Gasteiger partial charge in [-0.15, -0.1) is 0 Å². The fourth-order valence-corrected chi connectivity index (χ4v) is 5.22. The third kappa shape index (κ3) is 1.45. The summed E-state index contributed by atoms with van der Waals surface area (Å²) in [6.07, 6.45) is 3.70. The molecule has 1 nitrogen and oxygen atoms in total. The van der Waals surface area contributed by atoms with Gasteiger partial charge in [0.15, 0.2) is 7.14 Å². The lowest BCUT2D eigenvalue weighted by Gasteiger charge is -2.16. The van der Waals surface area contributed by atoms with E-state index in [0.717, 1.165) is 21.5 Å². The number of hydrogen-bond donors (Lipinski definition) is 0. The zero-order valence-corrected chi connectivity index (χ0v) is 10.8. The van der Waals surface area contributed by atoms with Crippen LogP contribution in [-0.2, 0) is 4.57 Å². The molecular formula is C16H13OP. The fraction of sp³-hybridized carbons (Fsp3) is 0. The van der Waals surface area contributed by atoms with Crippen molar-refractivity contribution >= 4 is 23.8 Å². The first kappa shape index (κ1) is 11.3. The number of benzene rings is 2. The molecule has 2 heteroatoms. The predicted octanol–water partition coefficient (Wildman–Crippen LogP) is 3.54. The number of allylic oxidation sites excluding steroid dienone is 2. The second-order valence-electron chi connectivity index (χ2n) is 4.28. The van der Waals surface area contributed by atoms with Gasteiger partial charge in [-0.25, -0.2) is 0 Å². The van der Waals surface area contributed by atoms with Gasteiger partial charge in [0.25, 0.3) is 0 Å². The van der Waals surface area contributed by atoms with Crippen molar-refractivity contribution in [2.75, 3.05) is 0 Å². The zero-order valence-electron chi connectivity index (χ0n) is 9.91. The van der Waals surface area contributed by atoms with Crippen LogP contribution in [0.4, 0.5) is 0 Å². The molecule has 1 unspecified atom stereocenters. The van der Waals surface area contributed by atoms with E-state index < -0.39 is 7.14 Å². The van der Waals surface area contributed by atoms with Crippen LogP contribution in [0.5, 0.6) is 0 Å². The monoisotopic (exact) mass is 252 g/mol. The van der Waals surface area contributed by atoms with Crippen molar-refractivity contribution in [2.24, 2.45) is 0 Å². The molecule has 2 aromatic carbocycles. The molecule has 0 saturated heterocycles. The summed E-state index contributed by atoms with van der Waals surface area (Å²) in [6, 6.07) is 17.5. The minimum absolute atomic E-state index is 0.829. The van der Waals surface area contributed by atoms with Gasteiger partial charge in [0.2, 0.25) is 0 Å². The molecule has 1 heterocycles. The summed E-state index contributed by atoms with van der Waals surface area (Å²) in [6.45, 7) is 3.81. The quantitative estimate of drug-likeness (QED) is 0.747. The Morgan fingerprint density at radius 1 is 0.944 bits per heavy atom. The summed E-state index contributed by atoms with van der Waals surface area (Å²) in [5, 5.41) is 2.63. The molecule has 0 fully saturated rings. The van der Waals surface area contributed by atoms with Crippen LogP contribution in [0.3, 0.4) is 0 Å². The van der Waals surface area contributed by atoms with E-state index in [1.807, 2.05) is 60.7 Å². The summed E-state index contributed by atoms with van der Waals surface area (Å²) in [4.78, 5) is 0. The fourth-order valence-electron chi connectivity index (χ4n) is 2.40. The lowest BCUT2D eigenvalue weighted by atomic mass is 10.2. The lowest BCUT2D eigenvalue weighted by molar-refractivity contribution is 0.591. The van der Waals surface area contributed by atoms with Gasteiger partial charge in [0.05, 0.1) is 0 Å². The van der Waals surface area contributed by atoms with E-state index in [1.54, 1.807) is 6.08 Å². The molecule has 0 spiro atoms. The first-order valence-electron chi connectivity index (χ1n) is 5.87. The highest BCUT2D eigenvalue weighted by Gasteiger charge is 2.36. The first-order valence-corrected chi connectivity index (χ1v) is 7.57. The molecule has 0 radical (unpaired) electrons. The van der Waals surface area contributed by atoms with Crippen LogP contribution in [0, 0.1) is 0 Å². The van der Waals surface area contributed by atoms with Crippen molar-refractivity contribution in [3.8, 4) is 0 Å². The van der Waals surface area contributed by atoms with Crippen LogP contribution in [0.1, 0.15) is 5.56 Å². The third-order valence-corrected chi connectivity index (χ3v) is 6.42. The predicted molar refractivity (Wildman–Crippen MR) is 77.9 cm³/mol. The molecule has 0 aliphatic carbocycles. The second-order valence-corrected chi connectivity index (χ2v) is 7.01. The summed E-state index contributed by atoms with van der Waals surface area (Å²) in [7, 11) is -2.68. The Kier molecular flexibility index (Phi) is 2.57. The van der Waals surface area contributed by atoms with Gasteiger partial charge in [0.1, 0.15) is 0 Å².